The number of amides is 1. The number of carbonyl (C=O) groups excluding carboxylic acids is 1. The molecule has 0 aliphatic carbocycles. The summed E-state index contributed by atoms with van der Waals surface area (Å²) < 4.78 is 11.8. The molecule has 0 aliphatic heterocycles. The van der Waals surface area contributed by atoms with Crippen molar-refractivity contribution in [3.8, 4) is 11.5 Å². The summed E-state index contributed by atoms with van der Waals surface area (Å²) in [5.74, 6) is 1.48. The van der Waals surface area contributed by atoms with Crippen molar-refractivity contribution in [1.82, 2.24) is 5.32 Å². The highest BCUT2D eigenvalue weighted by molar-refractivity contribution is 5.81. The third-order valence-corrected chi connectivity index (χ3v) is 4.49. The van der Waals surface area contributed by atoms with Crippen molar-refractivity contribution in [3.05, 3.63) is 59.2 Å². The number of carbonyl (C=O) groups is 1. The Morgan fingerprint density at radius 3 is 2.32 bits per heavy atom. The van der Waals surface area contributed by atoms with Gasteiger partial charge in [-0.15, -0.1) is 0 Å². The molecule has 0 aliphatic rings. The molecule has 0 bridgehead atoms. The lowest BCUT2D eigenvalue weighted by Crippen LogP contribution is -2.39. The monoisotopic (exact) mass is 383 g/mol. The number of rotatable bonds is 8. The van der Waals surface area contributed by atoms with Crippen molar-refractivity contribution in [2.75, 3.05) is 13.2 Å². The molecule has 0 saturated carbocycles. The van der Waals surface area contributed by atoms with Gasteiger partial charge >= 0.3 is 0 Å². The first-order chi connectivity index (χ1) is 13.2. The van der Waals surface area contributed by atoms with Gasteiger partial charge in [0.1, 0.15) is 18.1 Å². The summed E-state index contributed by atoms with van der Waals surface area (Å²) in [5.41, 5.74) is 3.41. The fourth-order valence-electron chi connectivity index (χ4n) is 3.15. The van der Waals surface area contributed by atoms with Crippen LogP contribution in [0.3, 0.4) is 0 Å². The molecule has 1 amide bonds. The first-order valence-electron chi connectivity index (χ1n) is 9.95. The van der Waals surface area contributed by atoms with Gasteiger partial charge in [-0.05, 0) is 60.6 Å². The topological polar surface area (TPSA) is 47.6 Å². The summed E-state index contributed by atoms with van der Waals surface area (Å²) in [6.45, 7) is 13.3. The molecule has 2 aromatic rings. The quantitative estimate of drug-likeness (QED) is 0.656. The van der Waals surface area contributed by atoms with Gasteiger partial charge in [-0.1, -0.05) is 52.0 Å². The number of ether oxygens (including phenoxy) is 2. The molecule has 0 radical (unpaired) electrons. The predicted molar refractivity (Wildman–Crippen MR) is 114 cm³/mol. The zero-order valence-corrected chi connectivity index (χ0v) is 18.0. The number of benzene rings is 2. The van der Waals surface area contributed by atoms with Crippen molar-refractivity contribution in [2.45, 2.75) is 59.5 Å². The molecular formula is C24H33NO3. The molecule has 1 atom stereocenters. The Kier molecular flexibility index (Phi) is 7.50. The van der Waals surface area contributed by atoms with Crippen LogP contribution in [0.1, 0.15) is 50.8 Å². The SMILES string of the molecule is CC[C@H](Oc1cc(C)cc(C)c1)C(=O)NCCOc1ccccc1C(C)(C)C. The Hall–Kier alpha value is -2.49. The second-order valence-electron chi connectivity index (χ2n) is 8.22. The molecule has 0 aromatic heterocycles. The van der Waals surface area contributed by atoms with Crippen LogP contribution < -0.4 is 14.8 Å². The van der Waals surface area contributed by atoms with Crippen LogP contribution in [-0.2, 0) is 10.2 Å². The Bertz CT molecular complexity index is 772. The van der Waals surface area contributed by atoms with E-state index in [1.54, 1.807) is 0 Å². The summed E-state index contributed by atoms with van der Waals surface area (Å²) in [5, 5.41) is 2.92. The number of para-hydroxylation sites is 1. The van der Waals surface area contributed by atoms with Crippen LogP contribution >= 0.6 is 0 Å². The zero-order valence-electron chi connectivity index (χ0n) is 18.0. The lowest BCUT2D eigenvalue weighted by molar-refractivity contribution is -0.128. The molecule has 0 fully saturated rings. The molecule has 2 rings (SSSR count). The first kappa shape index (κ1) is 21.8. The van der Waals surface area contributed by atoms with Crippen LogP contribution in [0.2, 0.25) is 0 Å². The first-order valence-corrected chi connectivity index (χ1v) is 9.95. The van der Waals surface area contributed by atoms with E-state index in [2.05, 4.69) is 38.2 Å². The van der Waals surface area contributed by atoms with Gasteiger partial charge in [0.15, 0.2) is 6.10 Å². The molecule has 0 heterocycles. The number of hydrogen-bond donors (Lipinski definition) is 1. The third kappa shape index (κ3) is 6.29. The Morgan fingerprint density at radius 2 is 1.71 bits per heavy atom. The molecule has 28 heavy (non-hydrogen) atoms. The largest absolute Gasteiger partial charge is 0.491 e. The van der Waals surface area contributed by atoms with Crippen LogP contribution in [-0.4, -0.2) is 25.2 Å². The van der Waals surface area contributed by atoms with Gasteiger partial charge in [0.25, 0.3) is 5.91 Å². The molecule has 4 heteroatoms. The van der Waals surface area contributed by atoms with Crippen molar-refractivity contribution in [1.29, 1.82) is 0 Å². The summed E-state index contributed by atoms with van der Waals surface area (Å²) in [7, 11) is 0. The van der Waals surface area contributed by atoms with Gasteiger partial charge in [0, 0.05) is 0 Å². The van der Waals surface area contributed by atoms with Crippen LogP contribution in [0.5, 0.6) is 11.5 Å². The lowest BCUT2D eigenvalue weighted by atomic mass is 9.86. The Morgan fingerprint density at radius 1 is 1.07 bits per heavy atom. The van der Waals surface area contributed by atoms with Crippen molar-refractivity contribution >= 4 is 5.91 Å². The molecule has 152 valence electrons. The minimum Gasteiger partial charge on any atom is -0.491 e. The lowest BCUT2D eigenvalue weighted by Gasteiger charge is -2.23. The maximum absolute atomic E-state index is 12.5. The smallest absolute Gasteiger partial charge is 0.261 e. The third-order valence-electron chi connectivity index (χ3n) is 4.49. The maximum Gasteiger partial charge on any atom is 0.261 e. The van der Waals surface area contributed by atoms with E-state index >= 15 is 0 Å². The van der Waals surface area contributed by atoms with Crippen LogP contribution in [0.15, 0.2) is 42.5 Å². The Labute approximate surface area is 169 Å². The summed E-state index contributed by atoms with van der Waals surface area (Å²) in [6, 6.07) is 14.0. The van der Waals surface area contributed by atoms with Gasteiger partial charge in [0.05, 0.1) is 6.54 Å². The van der Waals surface area contributed by atoms with Gasteiger partial charge in [-0.25, -0.2) is 0 Å². The summed E-state index contributed by atoms with van der Waals surface area (Å²) >= 11 is 0. The van der Waals surface area contributed by atoms with Crippen molar-refractivity contribution in [3.63, 3.8) is 0 Å². The molecule has 4 nitrogen and oxygen atoms in total. The number of hydrogen-bond acceptors (Lipinski definition) is 3. The van der Waals surface area contributed by atoms with Crippen LogP contribution in [0.25, 0.3) is 0 Å². The minimum absolute atomic E-state index is 0.00688. The fourth-order valence-corrected chi connectivity index (χ4v) is 3.15. The summed E-state index contributed by atoms with van der Waals surface area (Å²) in [6.07, 6.45) is 0.0927. The molecule has 1 N–H and O–H groups in total. The average Bonchev–Trinajstić information content (AvgIpc) is 2.61. The van der Waals surface area contributed by atoms with Crippen molar-refractivity contribution in [2.24, 2.45) is 0 Å². The van der Waals surface area contributed by atoms with E-state index < -0.39 is 6.10 Å². The molecular weight excluding hydrogens is 350 g/mol. The molecule has 0 saturated heterocycles. The van der Waals surface area contributed by atoms with E-state index in [1.165, 1.54) is 0 Å². The van der Waals surface area contributed by atoms with Crippen LogP contribution in [0, 0.1) is 13.8 Å². The van der Waals surface area contributed by atoms with E-state index in [1.807, 2.05) is 51.1 Å². The number of aryl methyl sites for hydroxylation is 2. The van der Waals surface area contributed by atoms with Gasteiger partial charge in [0.2, 0.25) is 0 Å². The van der Waals surface area contributed by atoms with Gasteiger partial charge < -0.3 is 14.8 Å². The van der Waals surface area contributed by atoms with Gasteiger partial charge in [-0.3, -0.25) is 4.79 Å². The second-order valence-corrected chi connectivity index (χ2v) is 8.22. The predicted octanol–water partition coefficient (Wildman–Crippen LogP) is 4.95. The van der Waals surface area contributed by atoms with E-state index in [-0.39, 0.29) is 11.3 Å². The van der Waals surface area contributed by atoms with E-state index in [4.69, 9.17) is 9.47 Å². The van der Waals surface area contributed by atoms with Crippen LogP contribution in [0.4, 0.5) is 0 Å². The fraction of sp³-hybridized carbons (Fsp3) is 0.458. The number of nitrogens with one attached hydrogen (secondary N) is 1. The van der Waals surface area contributed by atoms with E-state index in [0.29, 0.717) is 19.6 Å². The summed E-state index contributed by atoms with van der Waals surface area (Å²) in [4.78, 5) is 12.5. The normalized spacial score (nSPS) is 12.4. The Balaban J connectivity index is 1.87. The minimum atomic E-state index is -0.511. The van der Waals surface area contributed by atoms with E-state index in [9.17, 15) is 4.79 Å². The maximum atomic E-state index is 12.5. The highest BCUT2D eigenvalue weighted by atomic mass is 16.5. The van der Waals surface area contributed by atoms with E-state index in [0.717, 1.165) is 28.2 Å². The molecule has 0 spiro atoms. The standard InChI is InChI=1S/C24H33NO3/c1-7-21(28-19-15-17(2)14-18(3)16-19)23(26)25-12-13-27-22-11-9-8-10-20(22)24(4,5)6/h8-11,14-16,21H,7,12-13H2,1-6H3,(H,25,26)/t21-/m0/s1. The molecule has 2 aromatic carbocycles. The van der Waals surface area contributed by atoms with Gasteiger partial charge in [-0.2, -0.15) is 0 Å². The zero-order chi connectivity index (χ0) is 20.7. The molecule has 0 unspecified atom stereocenters. The highest BCUT2D eigenvalue weighted by Crippen LogP contribution is 2.30. The second kappa shape index (κ2) is 9.63. The highest BCUT2D eigenvalue weighted by Gasteiger charge is 2.20. The van der Waals surface area contributed by atoms with Crippen molar-refractivity contribution < 1.29 is 14.3 Å². The average molecular weight is 384 g/mol.